The first kappa shape index (κ1) is 20.2. The molecular formula is C21H20F3N3O3. The molecule has 1 aromatic carbocycles. The number of esters is 1. The number of alkyl halides is 3. The smallest absolute Gasteiger partial charge is 0.417 e. The predicted molar refractivity (Wildman–Crippen MR) is 102 cm³/mol. The fourth-order valence-corrected chi connectivity index (χ4v) is 3.78. The summed E-state index contributed by atoms with van der Waals surface area (Å²) in [5.41, 5.74) is 0.478. The van der Waals surface area contributed by atoms with Crippen LogP contribution in [0.25, 0.3) is 0 Å². The van der Waals surface area contributed by atoms with Crippen molar-refractivity contribution in [3.05, 3.63) is 59.3 Å². The molecule has 1 saturated heterocycles. The summed E-state index contributed by atoms with van der Waals surface area (Å²) in [7, 11) is 0. The topological polar surface area (TPSA) is 62.7 Å². The lowest BCUT2D eigenvalue weighted by Crippen LogP contribution is -2.45. The number of cyclic esters (lactones) is 1. The van der Waals surface area contributed by atoms with Crippen molar-refractivity contribution in [2.24, 2.45) is 0 Å². The fraction of sp³-hybridized carbons (Fsp3) is 0.381. The van der Waals surface area contributed by atoms with Gasteiger partial charge in [0.25, 0.3) is 5.91 Å². The number of carbonyl (C=O) groups is 2. The minimum absolute atomic E-state index is 0.250. The van der Waals surface area contributed by atoms with Crippen LogP contribution in [0.5, 0.6) is 0 Å². The van der Waals surface area contributed by atoms with Gasteiger partial charge in [-0.3, -0.25) is 4.79 Å². The minimum atomic E-state index is -4.43. The van der Waals surface area contributed by atoms with Crippen molar-refractivity contribution < 1.29 is 27.5 Å². The molecule has 158 valence electrons. The molecule has 9 heteroatoms. The van der Waals surface area contributed by atoms with Gasteiger partial charge in [-0.25, -0.2) is 9.78 Å². The molecule has 0 N–H and O–H groups in total. The summed E-state index contributed by atoms with van der Waals surface area (Å²) in [6, 6.07) is 9.42. The molecule has 1 unspecified atom stereocenters. The SMILES string of the molecule is O=C1OC(C(=O)N2CCCN(c3ccc(C(F)(F)F)cn3)CC2)Cc2ccccc21. The Morgan fingerprint density at radius 3 is 2.60 bits per heavy atom. The monoisotopic (exact) mass is 419 g/mol. The summed E-state index contributed by atoms with van der Waals surface area (Å²) >= 11 is 0. The highest BCUT2D eigenvalue weighted by atomic mass is 19.4. The van der Waals surface area contributed by atoms with Crippen LogP contribution in [0.1, 0.15) is 27.9 Å². The van der Waals surface area contributed by atoms with Crippen molar-refractivity contribution in [3.8, 4) is 0 Å². The number of hydrogen-bond acceptors (Lipinski definition) is 5. The summed E-state index contributed by atoms with van der Waals surface area (Å²) in [5.74, 6) is -0.309. The van der Waals surface area contributed by atoms with E-state index in [0.717, 1.165) is 17.8 Å². The zero-order valence-corrected chi connectivity index (χ0v) is 16.1. The van der Waals surface area contributed by atoms with Crippen molar-refractivity contribution in [1.82, 2.24) is 9.88 Å². The quantitative estimate of drug-likeness (QED) is 0.701. The van der Waals surface area contributed by atoms with Gasteiger partial charge in [-0.1, -0.05) is 18.2 Å². The molecule has 2 aromatic rings. The van der Waals surface area contributed by atoms with Gasteiger partial charge in [0.1, 0.15) is 5.82 Å². The van der Waals surface area contributed by atoms with E-state index in [2.05, 4.69) is 4.98 Å². The number of aromatic nitrogens is 1. The second-order valence-corrected chi connectivity index (χ2v) is 7.32. The largest absolute Gasteiger partial charge is 0.448 e. The molecule has 30 heavy (non-hydrogen) atoms. The Bertz CT molecular complexity index is 947. The van der Waals surface area contributed by atoms with Gasteiger partial charge in [0.05, 0.1) is 11.1 Å². The average molecular weight is 419 g/mol. The number of carbonyl (C=O) groups excluding carboxylic acids is 2. The van der Waals surface area contributed by atoms with E-state index in [-0.39, 0.29) is 5.91 Å². The van der Waals surface area contributed by atoms with Crippen LogP contribution in [-0.2, 0) is 22.1 Å². The van der Waals surface area contributed by atoms with E-state index < -0.39 is 23.8 Å². The Kier molecular flexibility index (Phi) is 5.36. The standard InChI is InChI=1S/C21H20F3N3O3/c22-21(23,24)15-6-7-18(25-13-15)26-8-3-9-27(11-10-26)19(28)17-12-14-4-1-2-5-16(14)20(29)30-17/h1-2,4-7,13,17H,3,8-12H2. The van der Waals surface area contributed by atoms with Crippen LogP contribution in [0.3, 0.4) is 0 Å². The molecule has 3 heterocycles. The van der Waals surface area contributed by atoms with Gasteiger partial charge >= 0.3 is 12.1 Å². The Morgan fingerprint density at radius 2 is 1.87 bits per heavy atom. The van der Waals surface area contributed by atoms with Crippen molar-refractivity contribution in [3.63, 3.8) is 0 Å². The van der Waals surface area contributed by atoms with Crippen LogP contribution < -0.4 is 4.90 Å². The summed E-state index contributed by atoms with van der Waals surface area (Å²) in [5, 5.41) is 0. The number of halogens is 3. The molecule has 1 fully saturated rings. The Balaban J connectivity index is 1.41. The second-order valence-electron chi connectivity index (χ2n) is 7.32. The molecule has 1 amide bonds. The Morgan fingerprint density at radius 1 is 1.07 bits per heavy atom. The highest BCUT2D eigenvalue weighted by Gasteiger charge is 2.35. The van der Waals surface area contributed by atoms with E-state index in [1.807, 2.05) is 17.0 Å². The number of anilines is 1. The van der Waals surface area contributed by atoms with Gasteiger partial charge in [-0.2, -0.15) is 13.2 Å². The van der Waals surface area contributed by atoms with Crippen LogP contribution in [0.15, 0.2) is 42.6 Å². The van der Waals surface area contributed by atoms with Crippen molar-refractivity contribution >= 4 is 17.7 Å². The predicted octanol–water partition coefficient (Wildman–Crippen LogP) is 2.92. The van der Waals surface area contributed by atoms with Gasteiger partial charge in [0.2, 0.25) is 0 Å². The lowest BCUT2D eigenvalue weighted by Gasteiger charge is -2.29. The zero-order chi connectivity index (χ0) is 21.3. The van der Waals surface area contributed by atoms with Crippen LogP contribution in [0.4, 0.5) is 19.0 Å². The number of nitrogens with zero attached hydrogens (tertiary/aromatic N) is 3. The maximum absolute atomic E-state index is 12.9. The average Bonchev–Trinajstić information content (AvgIpc) is 2.99. The van der Waals surface area contributed by atoms with Gasteiger partial charge in [0.15, 0.2) is 6.10 Å². The zero-order valence-electron chi connectivity index (χ0n) is 16.1. The lowest BCUT2D eigenvalue weighted by atomic mass is 9.98. The lowest BCUT2D eigenvalue weighted by molar-refractivity contribution is -0.141. The molecule has 1 atom stereocenters. The first-order valence-electron chi connectivity index (χ1n) is 9.69. The summed E-state index contributed by atoms with van der Waals surface area (Å²) in [4.78, 5) is 32.6. The number of hydrogen-bond donors (Lipinski definition) is 0. The van der Waals surface area contributed by atoms with Crippen LogP contribution in [0.2, 0.25) is 0 Å². The molecule has 2 aliphatic rings. The third kappa shape index (κ3) is 4.10. The van der Waals surface area contributed by atoms with E-state index in [0.29, 0.717) is 50.4 Å². The molecule has 0 bridgehead atoms. The molecule has 0 saturated carbocycles. The summed E-state index contributed by atoms with van der Waals surface area (Å²) in [6.07, 6.45) is -3.50. The molecular weight excluding hydrogens is 399 g/mol. The third-order valence-electron chi connectivity index (χ3n) is 5.37. The molecule has 0 spiro atoms. The molecule has 1 aromatic heterocycles. The minimum Gasteiger partial charge on any atom is -0.448 e. The van der Waals surface area contributed by atoms with Crippen molar-refractivity contribution in [2.75, 3.05) is 31.1 Å². The van der Waals surface area contributed by atoms with E-state index >= 15 is 0 Å². The van der Waals surface area contributed by atoms with Crippen molar-refractivity contribution in [2.45, 2.75) is 25.1 Å². The molecule has 0 radical (unpaired) electrons. The maximum Gasteiger partial charge on any atom is 0.417 e. The van der Waals surface area contributed by atoms with Gasteiger partial charge in [-0.05, 0) is 30.2 Å². The van der Waals surface area contributed by atoms with E-state index in [1.54, 1.807) is 17.0 Å². The molecule has 4 rings (SSSR count). The summed E-state index contributed by atoms with van der Waals surface area (Å²) < 4.78 is 43.6. The van der Waals surface area contributed by atoms with E-state index in [1.165, 1.54) is 6.07 Å². The highest BCUT2D eigenvalue weighted by molar-refractivity contribution is 5.95. The number of benzene rings is 1. The van der Waals surface area contributed by atoms with Gasteiger partial charge in [0, 0.05) is 38.8 Å². The van der Waals surface area contributed by atoms with Crippen LogP contribution in [0, 0.1) is 0 Å². The highest BCUT2D eigenvalue weighted by Crippen LogP contribution is 2.29. The third-order valence-corrected chi connectivity index (χ3v) is 5.37. The first-order valence-corrected chi connectivity index (χ1v) is 9.69. The molecule has 2 aliphatic heterocycles. The maximum atomic E-state index is 12.9. The number of amides is 1. The van der Waals surface area contributed by atoms with Crippen LogP contribution >= 0.6 is 0 Å². The number of pyridine rings is 1. The van der Waals surface area contributed by atoms with Crippen LogP contribution in [-0.4, -0.2) is 54.0 Å². The fourth-order valence-electron chi connectivity index (χ4n) is 3.78. The van der Waals surface area contributed by atoms with Gasteiger partial charge < -0.3 is 14.5 Å². The molecule has 0 aliphatic carbocycles. The van der Waals surface area contributed by atoms with Crippen molar-refractivity contribution in [1.29, 1.82) is 0 Å². The Labute approximate surface area is 171 Å². The van der Waals surface area contributed by atoms with E-state index in [4.69, 9.17) is 4.74 Å². The Hall–Kier alpha value is -3.10. The summed E-state index contributed by atoms with van der Waals surface area (Å²) in [6.45, 7) is 1.85. The van der Waals surface area contributed by atoms with Gasteiger partial charge in [-0.15, -0.1) is 0 Å². The number of rotatable bonds is 2. The number of fused-ring (bicyclic) bond motifs is 1. The molecule has 6 nitrogen and oxygen atoms in total. The van der Waals surface area contributed by atoms with E-state index in [9.17, 15) is 22.8 Å². The first-order chi connectivity index (χ1) is 14.3. The second kappa shape index (κ2) is 7.97. The normalized spacial score (nSPS) is 19.7. The number of ether oxygens (including phenoxy) is 1.